The number of aliphatic hydroxyl groups excluding tert-OH is 1. The first kappa shape index (κ1) is 17.9. The predicted molar refractivity (Wildman–Crippen MR) is 79.5 cm³/mol. The van der Waals surface area contributed by atoms with Gasteiger partial charge in [0.1, 0.15) is 13.1 Å². The van der Waals surface area contributed by atoms with E-state index in [9.17, 15) is 5.11 Å². The molecule has 0 aromatic heterocycles. The molecule has 0 atom stereocenters. The average Bonchev–Trinajstić information content (AvgIpc) is 2.42. The van der Waals surface area contributed by atoms with Gasteiger partial charge in [-0.25, -0.2) is 0 Å². The van der Waals surface area contributed by atoms with Crippen molar-refractivity contribution in [3.8, 4) is 0 Å². The lowest BCUT2D eigenvalue weighted by atomic mass is 10.2. The molecule has 0 aliphatic carbocycles. The minimum absolute atomic E-state index is 0.176. The molecule has 3 nitrogen and oxygen atoms in total. The van der Waals surface area contributed by atoms with Crippen LogP contribution in [0.3, 0.4) is 0 Å². The Morgan fingerprint density at radius 1 is 0.611 bits per heavy atom. The first-order valence-corrected chi connectivity index (χ1v) is 7.85. The van der Waals surface area contributed by atoms with Crippen molar-refractivity contribution in [2.75, 3.05) is 52.4 Å². The minimum Gasteiger partial charge on any atom is -0.382 e. The topological polar surface area (TPSA) is 20.2 Å². The van der Waals surface area contributed by atoms with Crippen molar-refractivity contribution in [2.45, 2.75) is 47.6 Å². The van der Waals surface area contributed by atoms with Crippen LogP contribution in [0.25, 0.3) is 0 Å². The third kappa shape index (κ3) is 4.52. The number of rotatable bonds is 10. The van der Waals surface area contributed by atoms with Gasteiger partial charge in [-0.15, -0.1) is 0 Å². The summed E-state index contributed by atoms with van der Waals surface area (Å²) in [6, 6.07) is 0. The summed E-state index contributed by atoms with van der Waals surface area (Å²) in [5, 5.41) is 10.5. The zero-order valence-electron chi connectivity index (χ0n) is 13.6. The molecule has 0 heterocycles. The van der Waals surface area contributed by atoms with E-state index in [1.807, 2.05) is 0 Å². The molecule has 0 radical (unpaired) electrons. The molecular weight excluding hydrogens is 224 g/mol. The van der Waals surface area contributed by atoms with Crippen molar-refractivity contribution in [1.29, 1.82) is 0 Å². The lowest BCUT2D eigenvalue weighted by Gasteiger charge is -2.41. The number of likely N-dealkylation sites (N-methyl/N-ethyl adjacent to an activating group) is 2. The molecule has 0 rings (SSSR count). The SMILES string of the molecule is CC[N+](CC)(CC)CC(O)C[N+](CC)(CC)CC. The molecule has 0 aliphatic heterocycles. The number of hydrogen-bond donors (Lipinski definition) is 1. The molecule has 0 unspecified atom stereocenters. The Hall–Kier alpha value is -0.120. The molecule has 0 saturated heterocycles. The summed E-state index contributed by atoms with van der Waals surface area (Å²) >= 11 is 0. The standard InChI is InChI=1S/C15H36N2O/c1-7-16(8-2,9-3)13-15(18)14-17(10-4,11-5)12-6/h15,18H,7-14H2,1-6H3/q+2. The smallest absolute Gasteiger partial charge is 0.152 e. The van der Waals surface area contributed by atoms with Crippen LogP contribution in [-0.4, -0.2) is 72.5 Å². The Balaban J connectivity index is 4.61. The van der Waals surface area contributed by atoms with E-state index >= 15 is 0 Å². The fourth-order valence-electron chi connectivity index (χ4n) is 3.07. The lowest BCUT2D eigenvalue weighted by Crippen LogP contribution is -2.58. The maximum absolute atomic E-state index is 10.5. The van der Waals surface area contributed by atoms with E-state index in [1.54, 1.807) is 0 Å². The Bertz CT molecular complexity index is 172. The predicted octanol–water partition coefficient (Wildman–Crippen LogP) is 2.10. The molecule has 0 fully saturated rings. The molecule has 18 heavy (non-hydrogen) atoms. The van der Waals surface area contributed by atoms with Crippen LogP contribution in [-0.2, 0) is 0 Å². The van der Waals surface area contributed by atoms with Crippen LogP contribution < -0.4 is 0 Å². The van der Waals surface area contributed by atoms with Crippen molar-refractivity contribution in [1.82, 2.24) is 0 Å². The van der Waals surface area contributed by atoms with Crippen molar-refractivity contribution >= 4 is 0 Å². The number of aliphatic hydroxyl groups is 1. The van der Waals surface area contributed by atoms with Crippen LogP contribution in [0.2, 0.25) is 0 Å². The van der Waals surface area contributed by atoms with Gasteiger partial charge in [0, 0.05) is 0 Å². The van der Waals surface area contributed by atoms with Crippen molar-refractivity contribution < 1.29 is 14.1 Å². The highest BCUT2D eigenvalue weighted by Crippen LogP contribution is 2.12. The molecule has 3 heteroatoms. The van der Waals surface area contributed by atoms with E-state index in [0.717, 1.165) is 61.3 Å². The fourth-order valence-corrected chi connectivity index (χ4v) is 3.07. The van der Waals surface area contributed by atoms with Gasteiger partial charge in [-0.05, 0) is 41.5 Å². The van der Waals surface area contributed by atoms with Crippen molar-refractivity contribution in [3.63, 3.8) is 0 Å². The van der Waals surface area contributed by atoms with Gasteiger partial charge in [0.05, 0.1) is 39.3 Å². The van der Waals surface area contributed by atoms with Gasteiger partial charge in [-0.2, -0.15) is 0 Å². The molecular formula is C15H36N2O+2. The van der Waals surface area contributed by atoms with Gasteiger partial charge in [-0.1, -0.05) is 0 Å². The van der Waals surface area contributed by atoms with Crippen LogP contribution in [0.1, 0.15) is 41.5 Å². The van der Waals surface area contributed by atoms with E-state index in [4.69, 9.17) is 0 Å². The van der Waals surface area contributed by atoms with Gasteiger partial charge in [0.2, 0.25) is 0 Å². The summed E-state index contributed by atoms with van der Waals surface area (Å²) in [4.78, 5) is 0. The zero-order chi connectivity index (χ0) is 14.2. The van der Waals surface area contributed by atoms with E-state index in [2.05, 4.69) is 41.5 Å². The fraction of sp³-hybridized carbons (Fsp3) is 1.00. The number of nitrogens with zero attached hydrogens (tertiary/aromatic N) is 2. The van der Waals surface area contributed by atoms with Gasteiger partial charge in [0.25, 0.3) is 0 Å². The molecule has 0 amide bonds. The largest absolute Gasteiger partial charge is 0.382 e. The highest BCUT2D eigenvalue weighted by Gasteiger charge is 2.31. The van der Waals surface area contributed by atoms with Crippen LogP contribution in [0.4, 0.5) is 0 Å². The van der Waals surface area contributed by atoms with Gasteiger partial charge in [0.15, 0.2) is 6.10 Å². The number of quaternary nitrogens is 2. The first-order valence-electron chi connectivity index (χ1n) is 7.85. The van der Waals surface area contributed by atoms with E-state index in [-0.39, 0.29) is 6.10 Å². The summed E-state index contributed by atoms with van der Waals surface area (Å²) in [5.74, 6) is 0. The molecule has 0 aromatic carbocycles. The van der Waals surface area contributed by atoms with Crippen molar-refractivity contribution in [2.24, 2.45) is 0 Å². The monoisotopic (exact) mass is 260 g/mol. The molecule has 0 aliphatic rings. The number of hydrogen-bond acceptors (Lipinski definition) is 1. The maximum Gasteiger partial charge on any atom is 0.152 e. The first-order chi connectivity index (χ1) is 8.46. The highest BCUT2D eigenvalue weighted by molar-refractivity contribution is 4.56. The van der Waals surface area contributed by atoms with E-state index < -0.39 is 0 Å². The van der Waals surface area contributed by atoms with E-state index in [0.29, 0.717) is 0 Å². The Labute approximate surface area is 115 Å². The molecule has 110 valence electrons. The van der Waals surface area contributed by atoms with Gasteiger partial charge >= 0.3 is 0 Å². The summed E-state index contributed by atoms with van der Waals surface area (Å²) in [6.45, 7) is 22.0. The summed E-state index contributed by atoms with van der Waals surface area (Å²) < 4.78 is 2.08. The third-order valence-electron chi connectivity index (χ3n) is 5.22. The highest BCUT2D eigenvalue weighted by atomic mass is 16.3. The van der Waals surface area contributed by atoms with Crippen LogP contribution >= 0.6 is 0 Å². The average molecular weight is 260 g/mol. The van der Waals surface area contributed by atoms with Crippen LogP contribution in [0, 0.1) is 0 Å². The Kier molecular flexibility index (Phi) is 8.08. The van der Waals surface area contributed by atoms with Crippen LogP contribution in [0.15, 0.2) is 0 Å². The summed E-state index contributed by atoms with van der Waals surface area (Å²) in [6.07, 6.45) is -0.176. The summed E-state index contributed by atoms with van der Waals surface area (Å²) in [7, 11) is 0. The quantitative estimate of drug-likeness (QED) is 0.597. The second-order valence-corrected chi connectivity index (χ2v) is 5.60. The molecule has 0 saturated carbocycles. The van der Waals surface area contributed by atoms with Gasteiger partial charge < -0.3 is 14.1 Å². The molecule has 0 aromatic rings. The molecule has 0 bridgehead atoms. The third-order valence-corrected chi connectivity index (χ3v) is 5.22. The van der Waals surface area contributed by atoms with E-state index in [1.165, 1.54) is 0 Å². The summed E-state index contributed by atoms with van der Waals surface area (Å²) in [5.41, 5.74) is 0. The normalized spacial score (nSPS) is 13.3. The van der Waals surface area contributed by atoms with Crippen molar-refractivity contribution in [3.05, 3.63) is 0 Å². The Morgan fingerprint density at radius 2 is 0.833 bits per heavy atom. The second-order valence-electron chi connectivity index (χ2n) is 5.60. The lowest BCUT2D eigenvalue weighted by molar-refractivity contribution is -0.946. The maximum atomic E-state index is 10.5. The Morgan fingerprint density at radius 3 is 1.00 bits per heavy atom. The zero-order valence-corrected chi connectivity index (χ0v) is 13.6. The molecule has 0 spiro atoms. The molecule has 1 N–H and O–H groups in total. The second kappa shape index (κ2) is 8.13. The van der Waals surface area contributed by atoms with Crippen LogP contribution in [0.5, 0.6) is 0 Å². The minimum atomic E-state index is -0.176. The van der Waals surface area contributed by atoms with Gasteiger partial charge in [-0.3, -0.25) is 0 Å².